The van der Waals surface area contributed by atoms with E-state index in [4.69, 9.17) is 5.11 Å². The van der Waals surface area contributed by atoms with E-state index in [1.165, 1.54) is 4.90 Å². The molecule has 0 spiro atoms. The van der Waals surface area contributed by atoms with Crippen molar-refractivity contribution in [3.63, 3.8) is 0 Å². The Morgan fingerprint density at radius 2 is 2.22 bits per heavy atom. The number of hydrogen-bond acceptors (Lipinski definition) is 4. The SMILES string of the molecule is O=C(N[C@H]1C[C@H]2C(=O)N[C@@H](CO)C(=O)N2C1)c1cccc(Br)c1. The molecule has 0 aromatic heterocycles. The molecule has 2 aliphatic rings. The fourth-order valence-electron chi connectivity index (χ4n) is 2.98. The first kappa shape index (κ1) is 15.9. The molecule has 1 aromatic carbocycles. The number of hydrogen-bond donors (Lipinski definition) is 3. The highest BCUT2D eigenvalue weighted by Crippen LogP contribution is 2.23. The lowest BCUT2D eigenvalue weighted by Gasteiger charge is -2.33. The van der Waals surface area contributed by atoms with Gasteiger partial charge in [-0.3, -0.25) is 14.4 Å². The molecule has 122 valence electrons. The van der Waals surface area contributed by atoms with E-state index in [9.17, 15) is 14.4 Å². The topological polar surface area (TPSA) is 98.7 Å². The van der Waals surface area contributed by atoms with Crippen LogP contribution in [-0.2, 0) is 9.59 Å². The number of nitrogens with one attached hydrogen (secondary N) is 2. The van der Waals surface area contributed by atoms with Gasteiger partial charge in [-0.15, -0.1) is 0 Å². The van der Waals surface area contributed by atoms with Gasteiger partial charge in [-0.05, 0) is 24.6 Å². The Labute approximate surface area is 141 Å². The zero-order chi connectivity index (χ0) is 16.6. The normalized spacial score (nSPS) is 26.7. The molecule has 3 rings (SSSR count). The van der Waals surface area contributed by atoms with Crippen molar-refractivity contribution in [2.75, 3.05) is 13.2 Å². The van der Waals surface area contributed by atoms with Crippen LogP contribution in [0.2, 0.25) is 0 Å². The van der Waals surface area contributed by atoms with Gasteiger partial charge in [-0.25, -0.2) is 0 Å². The molecular formula is C15H16BrN3O4. The maximum Gasteiger partial charge on any atom is 0.251 e. The Bertz CT molecular complexity index is 666. The average Bonchev–Trinajstić information content (AvgIpc) is 2.95. The van der Waals surface area contributed by atoms with Crippen LogP contribution in [0, 0.1) is 0 Å². The summed E-state index contributed by atoms with van der Waals surface area (Å²) in [6.07, 6.45) is 0.371. The number of aliphatic hydroxyl groups is 1. The van der Waals surface area contributed by atoms with E-state index < -0.39 is 18.7 Å². The summed E-state index contributed by atoms with van der Waals surface area (Å²) >= 11 is 3.31. The molecule has 2 fully saturated rings. The van der Waals surface area contributed by atoms with E-state index in [1.807, 2.05) is 6.07 Å². The van der Waals surface area contributed by atoms with E-state index in [1.54, 1.807) is 18.2 Å². The first-order chi connectivity index (χ1) is 11.0. The Morgan fingerprint density at radius 1 is 1.43 bits per heavy atom. The molecule has 7 nitrogen and oxygen atoms in total. The van der Waals surface area contributed by atoms with Crippen LogP contribution in [0.15, 0.2) is 28.7 Å². The highest BCUT2D eigenvalue weighted by Gasteiger charge is 2.46. The van der Waals surface area contributed by atoms with Crippen LogP contribution >= 0.6 is 15.9 Å². The summed E-state index contributed by atoms with van der Waals surface area (Å²) in [6.45, 7) is -0.157. The second kappa shape index (κ2) is 6.29. The van der Waals surface area contributed by atoms with Gasteiger partial charge in [0.15, 0.2) is 0 Å². The lowest BCUT2D eigenvalue weighted by molar-refractivity contribution is -0.148. The third kappa shape index (κ3) is 3.09. The minimum Gasteiger partial charge on any atom is -0.394 e. The fraction of sp³-hybridized carbons (Fsp3) is 0.400. The quantitative estimate of drug-likeness (QED) is 0.665. The summed E-state index contributed by atoms with van der Waals surface area (Å²) < 4.78 is 0.800. The van der Waals surface area contributed by atoms with Crippen molar-refractivity contribution in [3.05, 3.63) is 34.3 Å². The molecule has 0 aliphatic carbocycles. The summed E-state index contributed by atoms with van der Waals surface area (Å²) in [7, 11) is 0. The van der Waals surface area contributed by atoms with Crippen LogP contribution in [0.5, 0.6) is 0 Å². The van der Waals surface area contributed by atoms with Gasteiger partial charge in [0.2, 0.25) is 11.8 Å². The molecule has 3 N–H and O–H groups in total. The molecule has 23 heavy (non-hydrogen) atoms. The number of nitrogens with zero attached hydrogens (tertiary/aromatic N) is 1. The van der Waals surface area contributed by atoms with Crippen LogP contribution in [-0.4, -0.2) is 59.0 Å². The lowest BCUT2D eigenvalue weighted by Crippen LogP contribution is -2.62. The van der Waals surface area contributed by atoms with E-state index in [0.29, 0.717) is 12.0 Å². The fourth-order valence-corrected chi connectivity index (χ4v) is 3.38. The number of rotatable bonds is 3. The lowest BCUT2D eigenvalue weighted by atomic mass is 10.1. The van der Waals surface area contributed by atoms with Gasteiger partial charge in [-0.2, -0.15) is 0 Å². The molecule has 2 aliphatic heterocycles. The Kier molecular flexibility index (Phi) is 4.36. The second-order valence-electron chi connectivity index (χ2n) is 5.67. The van der Waals surface area contributed by atoms with Crippen molar-refractivity contribution in [3.8, 4) is 0 Å². The second-order valence-corrected chi connectivity index (χ2v) is 6.58. The Morgan fingerprint density at radius 3 is 2.91 bits per heavy atom. The van der Waals surface area contributed by atoms with Gasteiger partial charge in [0.1, 0.15) is 12.1 Å². The maximum atomic E-state index is 12.3. The van der Waals surface area contributed by atoms with Gasteiger partial charge in [0, 0.05) is 22.6 Å². The molecule has 8 heteroatoms. The number of carbonyl (C=O) groups is 3. The Hall–Kier alpha value is -1.93. The van der Waals surface area contributed by atoms with Gasteiger partial charge < -0.3 is 20.6 Å². The molecular weight excluding hydrogens is 366 g/mol. The highest BCUT2D eigenvalue weighted by atomic mass is 79.9. The average molecular weight is 382 g/mol. The van der Waals surface area contributed by atoms with Crippen LogP contribution in [0.25, 0.3) is 0 Å². The van der Waals surface area contributed by atoms with E-state index >= 15 is 0 Å². The van der Waals surface area contributed by atoms with Gasteiger partial charge in [0.05, 0.1) is 6.61 Å². The third-order valence-corrected chi connectivity index (χ3v) is 4.60. The monoisotopic (exact) mass is 381 g/mol. The number of fused-ring (bicyclic) bond motifs is 1. The van der Waals surface area contributed by atoms with Crippen LogP contribution in [0.1, 0.15) is 16.8 Å². The maximum absolute atomic E-state index is 12.3. The number of amides is 3. The predicted octanol–water partition coefficient (Wildman–Crippen LogP) is -0.361. The van der Waals surface area contributed by atoms with Crippen molar-refractivity contribution in [1.82, 2.24) is 15.5 Å². The molecule has 0 unspecified atom stereocenters. The van der Waals surface area contributed by atoms with Crippen molar-refractivity contribution in [2.45, 2.75) is 24.5 Å². The van der Waals surface area contributed by atoms with Crippen LogP contribution < -0.4 is 10.6 Å². The van der Waals surface area contributed by atoms with Crippen molar-refractivity contribution in [1.29, 1.82) is 0 Å². The molecule has 1 aromatic rings. The summed E-state index contributed by atoms with van der Waals surface area (Å²) in [5.74, 6) is -0.845. The zero-order valence-corrected chi connectivity index (χ0v) is 13.7. The summed E-state index contributed by atoms with van der Waals surface area (Å²) in [5.41, 5.74) is 0.508. The summed E-state index contributed by atoms with van der Waals surface area (Å²) in [4.78, 5) is 37.9. The first-order valence-corrected chi connectivity index (χ1v) is 8.07. The van der Waals surface area contributed by atoms with E-state index in [0.717, 1.165) is 4.47 Å². The summed E-state index contributed by atoms with van der Waals surface area (Å²) in [5, 5.41) is 14.5. The molecule has 0 saturated carbocycles. The van der Waals surface area contributed by atoms with Crippen LogP contribution in [0.3, 0.4) is 0 Å². The first-order valence-electron chi connectivity index (χ1n) is 7.27. The van der Waals surface area contributed by atoms with E-state index in [-0.39, 0.29) is 30.3 Å². The van der Waals surface area contributed by atoms with E-state index in [2.05, 4.69) is 26.6 Å². The molecule has 2 heterocycles. The van der Waals surface area contributed by atoms with Crippen molar-refractivity contribution >= 4 is 33.7 Å². The molecule has 3 amide bonds. The molecule has 0 radical (unpaired) electrons. The number of aliphatic hydroxyl groups excluding tert-OH is 1. The largest absolute Gasteiger partial charge is 0.394 e. The van der Waals surface area contributed by atoms with Crippen molar-refractivity contribution < 1.29 is 19.5 Å². The highest BCUT2D eigenvalue weighted by molar-refractivity contribution is 9.10. The minimum atomic E-state index is -0.890. The van der Waals surface area contributed by atoms with Crippen LogP contribution in [0.4, 0.5) is 0 Å². The van der Waals surface area contributed by atoms with Gasteiger partial charge in [0.25, 0.3) is 5.91 Å². The zero-order valence-electron chi connectivity index (χ0n) is 12.2. The molecule has 3 atom stereocenters. The van der Waals surface area contributed by atoms with Gasteiger partial charge in [-0.1, -0.05) is 22.0 Å². The standard InChI is InChI=1S/C15H16BrN3O4/c16-9-3-1-2-8(4-9)13(21)17-10-5-12-14(22)18-11(7-20)15(23)19(12)6-10/h1-4,10-12,20H,5-7H2,(H,17,21)(H,18,22)/t10-,11-,12-/m0/s1. The number of carbonyl (C=O) groups excluding carboxylic acids is 3. The summed E-state index contributed by atoms with van der Waals surface area (Å²) in [6, 6.07) is 5.22. The smallest absolute Gasteiger partial charge is 0.251 e. The Balaban J connectivity index is 1.69. The predicted molar refractivity (Wildman–Crippen MR) is 84.5 cm³/mol. The minimum absolute atomic E-state index is 0.247. The molecule has 0 bridgehead atoms. The number of piperazine rings is 1. The molecule has 2 saturated heterocycles. The van der Waals surface area contributed by atoms with Crippen molar-refractivity contribution in [2.24, 2.45) is 0 Å². The third-order valence-electron chi connectivity index (χ3n) is 4.11. The number of benzene rings is 1. The number of halogens is 1. The van der Waals surface area contributed by atoms with Gasteiger partial charge >= 0.3 is 0 Å².